The molecule has 4 heteroatoms. The van der Waals surface area contributed by atoms with Gasteiger partial charge in [0.25, 0.3) is 0 Å². The number of aliphatic hydroxyl groups is 1. The maximum Gasteiger partial charge on any atom is 0.0690 e. The van der Waals surface area contributed by atoms with Gasteiger partial charge >= 0.3 is 0 Å². The first-order chi connectivity index (χ1) is 8.52. The van der Waals surface area contributed by atoms with E-state index in [1.54, 1.807) is 7.11 Å². The molecule has 100 valence electrons. The Bertz CT molecular complexity index is 414. The van der Waals surface area contributed by atoms with Crippen LogP contribution in [-0.2, 0) is 11.2 Å². The van der Waals surface area contributed by atoms with E-state index in [0.717, 1.165) is 35.7 Å². The molecule has 0 amide bonds. The topological polar surface area (TPSA) is 29.5 Å². The van der Waals surface area contributed by atoms with Crippen molar-refractivity contribution >= 4 is 27.5 Å². The molecular weight excluding hydrogens is 316 g/mol. The van der Waals surface area contributed by atoms with E-state index in [0.29, 0.717) is 17.5 Å². The monoisotopic (exact) mass is 332 g/mol. The first-order valence-corrected chi connectivity index (χ1v) is 7.39. The van der Waals surface area contributed by atoms with Gasteiger partial charge in [0.15, 0.2) is 0 Å². The Balaban J connectivity index is 2.04. The summed E-state index contributed by atoms with van der Waals surface area (Å²) in [5, 5.41) is 11.3. The van der Waals surface area contributed by atoms with E-state index >= 15 is 0 Å². The van der Waals surface area contributed by atoms with Crippen LogP contribution in [0.25, 0.3) is 0 Å². The Morgan fingerprint density at radius 2 is 2.11 bits per heavy atom. The smallest absolute Gasteiger partial charge is 0.0690 e. The van der Waals surface area contributed by atoms with E-state index in [1.807, 2.05) is 18.2 Å². The second-order valence-corrected chi connectivity index (χ2v) is 6.39. The highest BCUT2D eigenvalue weighted by atomic mass is 79.9. The van der Waals surface area contributed by atoms with Gasteiger partial charge in [-0.1, -0.05) is 33.6 Å². The van der Waals surface area contributed by atoms with Crippen molar-refractivity contribution in [3.8, 4) is 0 Å². The lowest BCUT2D eigenvalue weighted by Crippen LogP contribution is -2.38. The lowest BCUT2D eigenvalue weighted by atomic mass is 9.79. The van der Waals surface area contributed by atoms with Crippen molar-refractivity contribution in [1.82, 2.24) is 0 Å². The number of hydrogen-bond acceptors (Lipinski definition) is 2. The van der Waals surface area contributed by atoms with E-state index in [-0.39, 0.29) is 0 Å². The fraction of sp³-hybridized carbons (Fsp3) is 0.571. The Hall–Kier alpha value is -0.0900. The summed E-state index contributed by atoms with van der Waals surface area (Å²) >= 11 is 9.59. The summed E-state index contributed by atoms with van der Waals surface area (Å²) in [6.07, 6.45) is 4.30. The van der Waals surface area contributed by atoms with Crippen molar-refractivity contribution in [3.63, 3.8) is 0 Å². The van der Waals surface area contributed by atoms with Crippen molar-refractivity contribution < 1.29 is 9.84 Å². The van der Waals surface area contributed by atoms with Crippen molar-refractivity contribution in [2.45, 2.75) is 43.8 Å². The summed E-state index contributed by atoms with van der Waals surface area (Å²) in [4.78, 5) is 0. The van der Waals surface area contributed by atoms with Crippen LogP contribution < -0.4 is 0 Å². The Labute approximate surface area is 121 Å². The second-order valence-electron chi connectivity index (χ2n) is 5.07. The lowest BCUT2D eigenvalue weighted by Gasteiger charge is -2.35. The molecule has 0 bridgehead atoms. The zero-order valence-electron chi connectivity index (χ0n) is 10.5. The quantitative estimate of drug-likeness (QED) is 0.907. The van der Waals surface area contributed by atoms with E-state index in [2.05, 4.69) is 15.9 Å². The molecule has 18 heavy (non-hydrogen) atoms. The van der Waals surface area contributed by atoms with Crippen LogP contribution in [0.5, 0.6) is 0 Å². The standard InChI is InChI=1S/C14H18BrClO2/c1-18-12-4-6-14(17,7-5-12)9-10-2-3-11(15)8-13(10)16/h2-3,8,12,17H,4-7,9H2,1H3. The summed E-state index contributed by atoms with van der Waals surface area (Å²) in [5.74, 6) is 0. The van der Waals surface area contributed by atoms with Gasteiger partial charge in [-0.2, -0.15) is 0 Å². The molecule has 1 aromatic carbocycles. The average Bonchev–Trinajstić information content (AvgIpc) is 2.34. The maximum absolute atomic E-state index is 10.6. The van der Waals surface area contributed by atoms with Gasteiger partial charge in [-0.05, 0) is 43.4 Å². The molecule has 1 aliphatic rings. The minimum Gasteiger partial charge on any atom is -0.390 e. The minimum absolute atomic E-state index is 0.297. The van der Waals surface area contributed by atoms with Crippen molar-refractivity contribution in [1.29, 1.82) is 0 Å². The highest BCUT2D eigenvalue weighted by molar-refractivity contribution is 9.10. The molecule has 2 nitrogen and oxygen atoms in total. The average molecular weight is 334 g/mol. The molecule has 1 fully saturated rings. The third-order valence-electron chi connectivity index (χ3n) is 3.73. The number of halogens is 2. The SMILES string of the molecule is COC1CCC(O)(Cc2ccc(Br)cc2Cl)CC1. The molecule has 0 atom stereocenters. The zero-order valence-corrected chi connectivity index (χ0v) is 12.8. The van der Waals surface area contributed by atoms with Crippen molar-refractivity contribution in [2.75, 3.05) is 7.11 Å². The molecule has 0 radical (unpaired) electrons. The van der Waals surface area contributed by atoms with Gasteiger partial charge in [0.2, 0.25) is 0 Å². The fourth-order valence-electron chi connectivity index (χ4n) is 2.56. The fourth-order valence-corrected chi connectivity index (χ4v) is 3.30. The number of methoxy groups -OCH3 is 1. The van der Waals surface area contributed by atoms with Crippen LogP contribution in [-0.4, -0.2) is 23.9 Å². The number of hydrogen-bond donors (Lipinski definition) is 1. The van der Waals surface area contributed by atoms with Crippen LogP contribution in [0.4, 0.5) is 0 Å². The molecule has 0 aromatic heterocycles. The molecule has 1 saturated carbocycles. The van der Waals surface area contributed by atoms with Gasteiger partial charge < -0.3 is 9.84 Å². The summed E-state index contributed by atoms with van der Waals surface area (Å²) in [6.45, 7) is 0. The van der Waals surface area contributed by atoms with Gasteiger partial charge in [-0.15, -0.1) is 0 Å². The first kappa shape index (κ1) is 14.3. The Kier molecular flexibility index (Phi) is 4.70. The molecule has 1 aromatic rings. The van der Waals surface area contributed by atoms with E-state index < -0.39 is 5.60 Å². The summed E-state index contributed by atoms with van der Waals surface area (Å²) in [7, 11) is 1.74. The Morgan fingerprint density at radius 1 is 1.44 bits per heavy atom. The lowest BCUT2D eigenvalue weighted by molar-refractivity contribution is -0.0427. The maximum atomic E-state index is 10.6. The number of rotatable bonds is 3. The van der Waals surface area contributed by atoms with Crippen LogP contribution in [0.15, 0.2) is 22.7 Å². The zero-order chi connectivity index (χ0) is 13.2. The van der Waals surface area contributed by atoms with E-state index in [4.69, 9.17) is 16.3 Å². The van der Waals surface area contributed by atoms with Crippen LogP contribution in [0.1, 0.15) is 31.2 Å². The van der Waals surface area contributed by atoms with E-state index in [9.17, 15) is 5.11 Å². The van der Waals surface area contributed by atoms with Gasteiger partial charge in [0, 0.05) is 23.0 Å². The molecule has 1 aliphatic carbocycles. The molecule has 1 N–H and O–H groups in total. The van der Waals surface area contributed by atoms with Crippen molar-refractivity contribution in [3.05, 3.63) is 33.3 Å². The largest absolute Gasteiger partial charge is 0.390 e. The minimum atomic E-state index is -0.632. The number of ether oxygens (including phenoxy) is 1. The summed E-state index contributed by atoms with van der Waals surface area (Å²) in [5.41, 5.74) is 0.380. The highest BCUT2D eigenvalue weighted by Gasteiger charge is 2.33. The van der Waals surface area contributed by atoms with Gasteiger partial charge in [0.1, 0.15) is 0 Å². The van der Waals surface area contributed by atoms with Crippen LogP contribution >= 0.6 is 27.5 Å². The Morgan fingerprint density at radius 3 is 2.67 bits per heavy atom. The van der Waals surface area contributed by atoms with Crippen LogP contribution in [0.2, 0.25) is 5.02 Å². The molecule has 0 unspecified atom stereocenters. The molecule has 0 spiro atoms. The van der Waals surface area contributed by atoms with Crippen LogP contribution in [0, 0.1) is 0 Å². The molecule has 2 rings (SSSR count). The molecule has 0 heterocycles. The third-order valence-corrected chi connectivity index (χ3v) is 4.58. The third kappa shape index (κ3) is 3.47. The molecular formula is C14H18BrClO2. The highest BCUT2D eigenvalue weighted by Crippen LogP contribution is 2.34. The normalized spacial score (nSPS) is 28.3. The molecule has 0 aliphatic heterocycles. The summed E-state index contributed by atoms with van der Waals surface area (Å²) in [6, 6.07) is 5.82. The van der Waals surface area contributed by atoms with E-state index in [1.165, 1.54) is 0 Å². The predicted molar refractivity (Wildman–Crippen MR) is 77.1 cm³/mol. The van der Waals surface area contributed by atoms with Gasteiger partial charge in [-0.3, -0.25) is 0 Å². The van der Waals surface area contributed by atoms with Crippen LogP contribution in [0.3, 0.4) is 0 Å². The second kappa shape index (κ2) is 5.91. The molecule has 0 saturated heterocycles. The number of benzene rings is 1. The van der Waals surface area contributed by atoms with Gasteiger partial charge in [-0.25, -0.2) is 0 Å². The first-order valence-electron chi connectivity index (χ1n) is 6.21. The van der Waals surface area contributed by atoms with Crippen molar-refractivity contribution in [2.24, 2.45) is 0 Å². The van der Waals surface area contributed by atoms with Gasteiger partial charge in [0.05, 0.1) is 11.7 Å². The summed E-state index contributed by atoms with van der Waals surface area (Å²) < 4.78 is 6.29. The predicted octanol–water partition coefficient (Wildman–Crippen LogP) is 3.97.